The van der Waals surface area contributed by atoms with Gasteiger partial charge in [0.15, 0.2) is 5.76 Å². The summed E-state index contributed by atoms with van der Waals surface area (Å²) in [5.41, 5.74) is 1.79. The van der Waals surface area contributed by atoms with Crippen LogP contribution in [0.5, 0.6) is 11.5 Å². The van der Waals surface area contributed by atoms with Crippen LogP contribution in [0.1, 0.15) is 5.69 Å². The molecule has 0 atom stereocenters. The summed E-state index contributed by atoms with van der Waals surface area (Å²) in [4.78, 5) is 0.0165. The second kappa shape index (κ2) is 7.09. The van der Waals surface area contributed by atoms with Crippen molar-refractivity contribution in [1.29, 1.82) is 0 Å². The zero-order valence-electron chi connectivity index (χ0n) is 14.5. The third kappa shape index (κ3) is 3.65. The Hall–Kier alpha value is -3.00. The van der Waals surface area contributed by atoms with Crippen molar-refractivity contribution in [2.45, 2.75) is 11.8 Å². The van der Waals surface area contributed by atoms with E-state index in [1.54, 1.807) is 49.4 Å². The van der Waals surface area contributed by atoms with Gasteiger partial charge >= 0.3 is 0 Å². The number of nitrogens with one attached hydrogen (secondary N) is 1. The first kappa shape index (κ1) is 17.8. The van der Waals surface area contributed by atoms with E-state index in [0.717, 1.165) is 5.69 Å². The number of nitrogens with zero attached hydrogens (tertiary/aromatic N) is 1. The summed E-state index contributed by atoms with van der Waals surface area (Å²) in [5, 5.41) is 3.83. The van der Waals surface area contributed by atoms with E-state index in [2.05, 4.69) is 9.88 Å². The first-order valence-corrected chi connectivity index (χ1v) is 9.20. The van der Waals surface area contributed by atoms with E-state index in [1.165, 1.54) is 20.3 Å². The third-order valence-corrected chi connectivity index (χ3v) is 5.11. The zero-order chi connectivity index (χ0) is 18.7. The summed E-state index contributed by atoms with van der Waals surface area (Å²) in [6.45, 7) is 1.81. The minimum atomic E-state index is -3.85. The van der Waals surface area contributed by atoms with Crippen LogP contribution in [0.3, 0.4) is 0 Å². The molecule has 3 aromatic rings. The molecule has 0 fully saturated rings. The average Bonchev–Trinajstić information content (AvgIpc) is 3.07. The molecule has 0 bridgehead atoms. The van der Waals surface area contributed by atoms with E-state index >= 15 is 0 Å². The Balaban J connectivity index is 1.96. The van der Waals surface area contributed by atoms with Crippen LogP contribution >= 0.6 is 0 Å². The fourth-order valence-electron chi connectivity index (χ4n) is 2.44. The van der Waals surface area contributed by atoms with Crippen LogP contribution < -0.4 is 14.2 Å². The molecular formula is C18H18N2O5S. The Kier molecular flexibility index (Phi) is 4.85. The second-order valence-electron chi connectivity index (χ2n) is 5.54. The number of hydrogen-bond acceptors (Lipinski definition) is 6. The molecule has 136 valence electrons. The first-order valence-electron chi connectivity index (χ1n) is 7.71. The van der Waals surface area contributed by atoms with Crippen LogP contribution in [0, 0.1) is 6.92 Å². The Bertz CT molecular complexity index is 1030. The quantitative estimate of drug-likeness (QED) is 0.710. The summed E-state index contributed by atoms with van der Waals surface area (Å²) < 4.78 is 43.7. The van der Waals surface area contributed by atoms with Gasteiger partial charge in [-0.3, -0.25) is 4.72 Å². The predicted molar refractivity (Wildman–Crippen MR) is 97.0 cm³/mol. The number of aryl methyl sites for hydroxylation is 1. The summed E-state index contributed by atoms with van der Waals surface area (Å²) in [7, 11) is -0.925. The maximum atomic E-state index is 12.8. The number of sulfonamides is 1. The number of methoxy groups -OCH3 is 2. The molecule has 0 aliphatic heterocycles. The highest BCUT2D eigenvalue weighted by atomic mass is 32.2. The van der Waals surface area contributed by atoms with Gasteiger partial charge in [-0.1, -0.05) is 11.2 Å². The van der Waals surface area contributed by atoms with Crippen molar-refractivity contribution in [3.63, 3.8) is 0 Å². The van der Waals surface area contributed by atoms with Crippen LogP contribution in [0.25, 0.3) is 11.3 Å². The number of ether oxygens (including phenoxy) is 2. The minimum absolute atomic E-state index is 0.0165. The normalized spacial score (nSPS) is 11.2. The van der Waals surface area contributed by atoms with Crippen LogP contribution in [-0.4, -0.2) is 27.8 Å². The van der Waals surface area contributed by atoms with Gasteiger partial charge in [-0.25, -0.2) is 8.42 Å². The molecule has 2 aromatic carbocycles. The summed E-state index contributed by atoms with van der Waals surface area (Å²) in [5.74, 6) is 1.28. The molecule has 0 aliphatic carbocycles. The van der Waals surface area contributed by atoms with Crippen molar-refractivity contribution in [2.75, 3.05) is 18.9 Å². The maximum absolute atomic E-state index is 12.8. The van der Waals surface area contributed by atoms with Crippen molar-refractivity contribution in [3.05, 3.63) is 54.2 Å². The molecule has 0 saturated carbocycles. The Morgan fingerprint density at radius 3 is 2.50 bits per heavy atom. The molecule has 0 spiro atoms. The van der Waals surface area contributed by atoms with Crippen molar-refractivity contribution in [2.24, 2.45) is 0 Å². The van der Waals surface area contributed by atoms with E-state index in [1.807, 2.05) is 0 Å². The topological polar surface area (TPSA) is 90.7 Å². The van der Waals surface area contributed by atoms with Crippen LogP contribution in [0.4, 0.5) is 5.69 Å². The van der Waals surface area contributed by atoms with Gasteiger partial charge in [0.1, 0.15) is 16.4 Å². The highest BCUT2D eigenvalue weighted by Crippen LogP contribution is 2.32. The van der Waals surface area contributed by atoms with Gasteiger partial charge < -0.3 is 14.0 Å². The van der Waals surface area contributed by atoms with E-state index in [4.69, 9.17) is 14.0 Å². The fraction of sp³-hybridized carbons (Fsp3) is 0.167. The highest BCUT2D eigenvalue weighted by molar-refractivity contribution is 7.92. The van der Waals surface area contributed by atoms with Gasteiger partial charge in [0, 0.05) is 17.7 Å². The molecular weight excluding hydrogens is 356 g/mol. The number of aromatic nitrogens is 1. The molecule has 0 unspecified atom stereocenters. The van der Waals surface area contributed by atoms with E-state index < -0.39 is 10.0 Å². The standard InChI is InChI=1S/C18H18N2O5S/c1-12-9-16(25-19-12)13-7-8-18(17(10-13)24-3)26(21,22)20-14-5-4-6-15(11-14)23-2/h4-11,20H,1-3H3. The fourth-order valence-corrected chi connectivity index (χ4v) is 3.64. The van der Waals surface area contributed by atoms with Crippen LogP contribution in [0.15, 0.2) is 57.9 Å². The smallest absolute Gasteiger partial charge is 0.265 e. The van der Waals surface area contributed by atoms with Gasteiger partial charge in [-0.05, 0) is 37.3 Å². The Labute approximate surface area is 151 Å². The number of hydrogen-bond donors (Lipinski definition) is 1. The highest BCUT2D eigenvalue weighted by Gasteiger charge is 2.21. The molecule has 0 aliphatic rings. The van der Waals surface area contributed by atoms with Crippen LogP contribution in [-0.2, 0) is 10.0 Å². The van der Waals surface area contributed by atoms with Crippen molar-refractivity contribution in [1.82, 2.24) is 5.16 Å². The van der Waals surface area contributed by atoms with E-state index in [9.17, 15) is 8.42 Å². The van der Waals surface area contributed by atoms with E-state index in [0.29, 0.717) is 22.8 Å². The third-order valence-electron chi connectivity index (χ3n) is 3.69. The van der Waals surface area contributed by atoms with E-state index in [-0.39, 0.29) is 10.6 Å². The van der Waals surface area contributed by atoms with Crippen molar-refractivity contribution < 1.29 is 22.4 Å². The van der Waals surface area contributed by atoms with Gasteiger partial charge in [0.05, 0.1) is 25.6 Å². The van der Waals surface area contributed by atoms with Gasteiger partial charge in [-0.15, -0.1) is 0 Å². The lowest BCUT2D eigenvalue weighted by atomic mass is 10.1. The van der Waals surface area contributed by atoms with Crippen molar-refractivity contribution >= 4 is 15.7 Å². The van der Waals surface area contributed by atoms with Gasteiger partial charge in [0.25, 0.3) is 10.0 Å². The summed E-state index contributed by atoms with van der Waals surface area (Å²) in [6.07, 6.45) is 0. The zero-order valence-corrected chi connectivity index (χ0v) is 15.3. The number of rotatable bonds is 6. The lowest BCUT2D eigenvalue weighted by Crippen LogP contribution is -2.14. The molecule has 0 radical (unpaired) electrons. The Morgan fingerprint density at radius 2 is 1.85 bits per heavy atom. The lowest BCUT2D eigenvalue weighted by molar-refractivity contribution is 0.402. The predicted octanol–water partition coefficient (Wildman–Crippen LogP) is 3.47. The first-order chi connectivity index (χ1) is 12.4. The lowest BCUT2D eigenvalue weighted by Gasteiger charge is -2.13. The monoisotopic (exact) mass is 374 g/mol. The minimum Gasteiger partial charge on any atom is -0.497 e. The average molecular weight is 374 g/mol. The van der Waals surface area contributed by atoms with Crippen molar-refractivity contribution in [3.8, 4) is 22.8 Å². The number of benzene rings is 2. The molecule has 7 nitrogen and oxygen atoms in total. The van der Waals surface area contributed by atoms with Gasteiger partial charge in [0.2, 0.25) is 0 Å². The summed E-state index contributed by atoms with van der Waals surface area (Å²) >= 11 is 0. The van der Waals surface area contributed by atoms with Gasteiger partial charge in [-0.2, -0.15) is 0 Å². The largest absolute Gasteiger partial charge is 0.497 e. The summed E-state index contributed by atoms with van der Waals surface area (Å²) in [6, 6.07) is 13.1. The molecule has 1 aromatic heterocycles. The molecule has 8 heteroatoms. The maximum Gasteiger partial charge on any atom is 0.265 e. The molecule has 3 rings (SSSR count). The number of anilines is 1. The molecule has 1 N–H and O–H groups in total. The SMILES string of the molecule is COc1cccc(NS(=O)(=O)c2ccc(-c3cc(C)no3)cc2OC)c1. The van der Waals surface area contributed by atoms with Crippen LogP contribution in [0.2, 0.25) is 0 Å². The molecule has 0 saturated heterocycles. The molecule has 0 amide bonds. The second-order valence-corrected chi connectivity index (χ2v) is 7.19. The molecule has 1 heterocycles. The Morgan fingerprint density at radius 1 is 1.04 bits per heavy atom. The molecule has 26 heavy (non-hydrogen) atoms.